The third kappa shape index (κ3) is 6.37. The van der Waals surface area contributed by atoms with E-state index in [1.165, 1.54) is 13.0 Å². The van der Waals surface area contributed by atoms with Crippen molar-refractivity contribution >= 4 is 27.6 Å². The summed E-state index contributed by atoms with van der Waals surface area (Å²) in [4.78, 5) is 24.1. The van der Waals surface area contributed by atoms with E-state index >= 15 is 0 Å². The summed E-state index contributed by atoms with van der Waals surface area (Å²) in [6, 6.07) is 9.50. The summed E-state index contributed by atoms with van der Waals surface area (Å²) in [6.07, 6.45) is 0.0728. The number of sulfonamides is 1. The molecule has 10 heteroatoms. The standard InChI is InChI=1S/C21H23FN2O6S/c1-4-12-23-31(27,28)19-13-15(10-11-16(19)22)21(26)30-14(3)20(25)24-17-8-6-7-9-18(17)29-5-2/h4,6-11,13-14,23H,1,5,12H2,2-3H3,(H,24,25). The number of amides is 1. The van der Waals surface area contributed by atoms with E-state index in [1.54, 1.807) is 31.2 Å². The molecule has 2 aromatic carbocycles. The van der Waals surface area contributed by atoms with E-state index in [0.29, 0.717) is 18.0 Å². The fraction of sp³-hybridized carbons (Fsp3) is 0.238. The van der Waals surface area contributed by atoms with Gasteiger partial charge < -0.3 is 14.8 Å². The van der Waals surface area contributed by atoms with Gasteiger partial charge in [0.15, 0.2) is 6.10 Å². The Morgan fingerprint density at radius 3 is 2.61 bits per heavy atom. The molecule has 2 aromatic rings. The van der Waals surface area contributed by atoms with Crippen LogP contribution in [0.4, 0.5) is 10.1 Å². The zero-order valence-corrected chi connectivity index (χ0v) is 17.9. The molecule has 0 saturated carbocycles. The zero-order valence-electron chi connectivity index (χ0n) is 17.1. The van der Waals surface area contributed by atoms with Crippen LogP contribution >= 0.6 is 0 Å². The molecular weight excluding hydrogens is 427 g/mol. The fourth-order valence-electron chi connectivity index (χ4n) is 2.45. The number of esters is 1. The molecule has 0 aliphatic rings. The number of carbonyl (C=O) groups is 2. The van der Waals surface area contributed by atoms with Gasteiger partial charge >= 0.3 is 5.97 Å². The van der Waals surface area contributed by atoms with E-state index < -0.39 is 38.7 Å². The molecule has 1 amide bonds. The summed E-state index contributed by atoms with van der Waals surface area (Å²) in [5, 5.41) is 2.60. The summed E-state index contributed by atoms with van der Waals surface area (Å²) < 4.78 is 51.0. The lowest BCUT2D eigenvalue weighted by Gasteiger charge is -2.16. The van der Waals surface area contributed by atoms with Gasteiger partial charge in [0.2, 0.25) is 10.0 Å². The van der Waals surface area contributed by atoms with Crippen LogP contribution in [0.25, 0.3) is 0 Å². The van der Waals surface area contributed by atoms with Crippen LogP contribution in [0.3, 0.4) is 0 Å². The zero-order chi connectivity index (χ0) is 23.0. The second kappa shape index (κ2) is 10.7. The third-order valence-corrected chi connectivity index (χ3v) is 5.41. The Kier molecular flexibility index (Phi) is 8.29. The molecule has 2 rings (SSSR count). The summed E-state index contributed by atoms with van der Waals surface area (Å²) in [7, 11) is -4.20. The van der Waals surface area contributed by atoms with Gasteiger partial charge in [-0.25, -0.2) is 22.3 Å². The number of hydrogen-bond acceptors (Lipinski definition) is 6. The van der Waals surface area contributed by atoms with Crippen LogP contribution in [-0.4, -0.2) is 39.5 Å². The first-order valence-corrected chi connectivity index (χ1v) is 10.8. The van der Waals surface area contributed by atoms with Crippen molar-refractivity contribution in [1.82, 2.24) is 4.72 Å². The van der Waals surface area contributed by atoms with Crippen LogP contribution < -0.4 is 14.8 Å². The number of para-hydroxylation sites is 2. The van der Waals surface area contributed by atoms with Crippen LogP contribution in [0.2, 0.25) is 0 Å². The quantitative estimate of drug-likeness (QED) is 0.425. The van der Waals surface area contributed by atoms with Crippen molar-refractivity contribution in [2.24, 2.45) is 0 Å². The summed E-state index contributed by atoms with van der Waals surface area (Å²) >= 11 is 0. The normalized spacial score (nSPS) is 12.0. The average molecular weight is 450 g/mol. The number of rotatable bonds is 10. The van der Waals surface area contributed by atoms with E-state index in [2.05, 4.69) is 16.6 Å². The third-order valence-electron chi connectivity index (χ3n) is 3.97. The Labute approximate surface area is 180 Å². The number of benzene rings is 2. The predicted molar refractivity (Wildman–Crippen MR) is 113 cm³/mol. The number of ether oxygens (including phenoxy) is 2. The molecule has 31 heavy (non-hydrogen) atoms. The van der Waals surface area contributed by atoms with E-state index in [4.69, 9.17) is 9.47 Å². The average Bonchev–Trinajstić information content (AvgIpc) is 2.73. The minimum Gasteiger partial charge on any atom is -0.492 e. The van der Waals surface area contributed by atoms with Gasteiger partial charge in [0.1, 0.15) is 16.5 Å². The minimum atomic E-state index is -4.20. The first-order valence-electron chi connectivity index (χ1n) is 9.33. The molecule has 0 heterocycles. The van der Waals surface area contributed by atoms with Gasteiger partial charge in [0, 0.05) is 6.54 Å². The molecule has 8 nitrogen and oxygen atoms in total. The highest BCUT2D eigenvalue weighted by Crippen LogP contribution is 2.24. The second-order valence-electron chi connectivity index (χ2n) is 6.25. The van der Waals surface area contributed by atoms with E-state index in [9.17, 15) is 22.4 Å². The minimum absolute atomic E-state index is 0.114. The fourth-order valence-corrected chi connectivity index (χ4v) is 3.55. The van der Waals surface area contributed by atoms with Crippen LogP contribution in [-0.2, 0) is 19.6 Å². The number of hydrogen-bond donors (Lipinski definition) is 2. The molecule has 0 bridgehead atoms. The molecule has 1 unspecified atom stereocenters. The van der Waals surface area contributed by atoms with Crippen molar-refractivity contribution in [2.45, 2.75) is 24.8 Å². The van der Waals surface area contributed by atoms with Crippen LogP contribution in [0.15, 0.2) is 60.0 Å². The number of nitrogens with one attached hydrogen (secondary N) is 2. The molecular formula is C21H23FN2O6S. The highest BCUT2D eigenvalue weighted by Gasteiger charge is 2.24. The van der Waals surface area contributed by atoms with Crippen molar-refractivity contribution < 1.29 is 31.9 Å². The van der Waals surface area contributed by atoms with Crippen molar-refractivity contribution in [2.75, 3.05) is 18.5 Å². The topological polar surface area (TPSA) is 111 Å². The van der Waals surface area contributed by atoms with Crippen LogP contribution in [0, 0.1) is 5.82 Å². The number of carbonyl (C=O) groups excluding carboxylic acids is 2. The Morgan fingerprint density at radius 2 is 1.94 bits per heavy atom. The maximum atomic E-state index is 14.0. The van der Waals surface area contributed by atoms with E-state index in [-0.39, 0.29) is 12.1 Å². The Balaban J connectivity index is 2.13. The van der Waals surface area contributed by atoms with Crippen LogP contribution in [0.5, 0.6) is 5.75 Å². The highest BCUT2D eigenvalue weighted by atomic mass is 32.2. The van der Waals surface area contributed by atoms with Crippen molar-refractivity contribution in [1.29, 1.82) is 0 Å². The van der Waals surface area contributed by atoms with Gasteiger partial charge in [-0.05, 0) is 44.2 Å². The smallest absolute Gasteiger partial charge is 0.338 e. The molecule has 1 atom stereocenters. The number of halogens is 1. The first kappa shape index (κ1) is 24.0. The molecule has 166 valence electrons. The van der Waals surface area contributed by atoms with Gasteiger partial charge in [-0.15, -0.1) is 6.58 Å². The molecule has 0 aromatic heterocycles. The lowest BCUT2D eigenvalue weighted by atomic mass is 10.2. The van der Waals surface area contributed by atoms with Gasteiger partial charge in [0.05, 0.1) is 17.9 Å². The molecule has 0 aliphatic carbocycles. The summed E-state index contributed by atoms with van der Waals surface area (Å²) in [5.41, 5.74) is 0.176. The molecule has 0 fully saturated rings. The maximum Gasteiger partial charge on any atom is 0.338 e. The van der Waals surface area contributed by atoms with Gasteiger partial charge in [-0.3, -0.25) is 4.79 Å². The molecule has 0 aliphatic heterocycles. The predicted octanol–water partition coefficient (Wildman–Crippen LogP) is 2.87. The Morgan fingerprint density at radius 1 is 1.23 bits per heavy atom. The van der Waals surface area contributed by atoms with Gasteiger partial charge in [-0.1, -0.05) is 18.2 Å². The van der Waals surface area contributed by atoms with Crippen LogP contribution in [0.1, 0.15) is 24.2 Å². The summed E-state index contributed by atoms with van der Waals surface area (Å²) in [5.74, 6) is -2.19. The maximum absolute atomic E-state index is 14.0. The molecule has 2 N–H and O–H groups in total. The lowest BCUT2D eigenvalue weighted by molar-refractivity contribution is -0.123. The van der Waals surface area contributed by atoms with Crippen molar-refractivity contribution in [3.63, 3.8) is 0 Å². The highest BCUT2D eigenvalue weighted by molar-refractivity contribution is 7.89. The Bertz CT molecular complexity index is 1070. The number of anilines is 1. The van der Waals surface area contributed by atoms with Crippen molar-refractivity contribution in [3.05, 3.63) is 66.5 Å². The van der Waals surface area contributed by atoms with Gasteiger partial charge in [-0.2, -0.15) is 0 Å². The molecule has 0 saturated heterocycles. The van der Waals surface area contributed by atoms with Crippen molar-refractivity contribution in [3.8, 4) is 5.75 Å². The Hall–Kier alpha value is -3.24. The SMILES string of the molecule is C=CCNS(=O)(=O)c1cc(C(=O)OC(C)C(=O)Nc2ccccc2OCC)ccc1F. The van der Waals surface area contributed by atoms with E-state index in [0.717, 1.165) is 18.2 Å². The molecule has 0 spiro atoms. The van der Waals surface area contributed by atoms with E-state index in [1.807, 2.05) is 0 Å². The lowest BCUT2D eigenvalue weighted by Crippen LogP contribution is -2.30. The molecule has 0 radical (unpaired) electrons. The monoisotopic (exact) mass is 450 g/mol. The first-order chi connectivity index (χ1) is 14.7. The van der Waals surface area contributed by atoms with Gasteiger partial charge in [0.25, 0.3) is 5.91 Å². The second-order valence-corrected chi connectivity index (χ2v) is 7.99. The summed E-state index contributed by atoms with van der Waals surface area (Å²) in [6.45, 7) is 6.81. The largest absolute Gasteiger partial charge is 0.492 e.